The number of ether oxygens (including phenoxy) is 3. The fourth-order valence-corrected chi connectivity index (χ4v) is 6.78. The third-order valence-electron chi connectivity index (χ3n) is 10.5. The van der Waals surface area contributed by atoms with Crippen molar-refractivity contribution in [3.05, 3.63) is 60.8 Å². The second-order valence-electron chi connectivity index (χ2n) is 16.3. The quantitative estimate of drug-likeness (QED) is 0.0263. The van der Waals surface area contributed by atoms with Crippen molar-refractivity contribution in [1.29, 1.82) is 0 Å². The van der Waals surface area contributed by atoms with Crippen LogP contribution in [0.4, 0.5) is 0 Å². The van der Waals surface area contributed by atoms with E-state index in [2.05, 4.69) is 81.5 Å². The van der Waals surface area contributed by atoms with Crippen LogP contribution in [-0.2, 0) is 28.6 Å². The van der Waals surface area contributed by atoms with Gasteiger partial charge >= 0.3 is 17.9 Å². The lowest BCUT2D eigenvalue weighted by molar-refractivity contribution is -0.167. The fourth-order valence-electron chi connectivity index (χ4n) is 6.78. The van der Waals surface area contributed by atoms with Crippen molar-refractivity contribution in [2.45, 2.75) is 245 Å². The highest BCUT2D eigenvalue weighted by Crippen LogP contribution is 2.14. The molecule has 59 heavy (non-hydrogen) atoms. The summed E-state index contributed by atoms with van der Waals surface area (Å²) in [6, 6.07) is 0. The standard InChI is InChI=1S/C53H92O6/c1-4-7-10-13-16-19-21-23-24-25-26-27-28-29-30-31-33-34-37-40-43-46-52(55)58-49-50(48-57-51(54)45-42-39-36-18-15-12-9-6-3)59-53(56)47-44-41-38-35-32-22-20-17-14-11-8-5-2/h7,10,16-17,19-20,23-24,26-27,50H,4-6,8-9,11-15,18,21-22,25,28-49H2,1-3H3/b10-7-,19-16-,20-17-,24-23-,27-26-. The highest BCUT2D eigenvalue weighted by molar-refractivity contribution is 5.71. The number of hydrogen-bond donors (Lipinski definition) is 0. The van der Waals surface area contributed by atoms with E-state index in [4.69, 9.17) is 14.2 Å². The number of carbonyl (C=O) groups excluding carboxylic acids is 3. The molecule has 0 fully saturated rings. The van der Waals surface area contributed by atoms with Crippen molar-refractivity contribution in [2.24, 2.45) is 0 Å². The molecule has 340 valence electrons. The van der Waals surface area contributed by atoms with Crippen LogP contribution in [0.2, 0.25) is 0 Å². The number of hydrogen-bond acceptors (Lipinski definition) is 6. The molecule has 0 aromatic carbocycles. The first-order valence-electron chi connectivity index (χ1n) is 24.8. The van der Waals surface area contributed by atoms with Gasteiger partial charge in [0.2, 0.25) is 0 Å². The van der Waals surface area contributed by atoms with Crippen LogP contribution >= 0.6 is 0 Å². The molecule has 6 heteroatoms. The van der Waals surface area contributed by atoms with E-state index in [1.165, 1.54) is 96.3 Å². The maximum Gasteiger partial charge on any atom is 0.306 e. The second kappa shape index (κ2) is 47.8. The van der Waals surface area contributed by atoms with E-state index in [0.717, 1.165) is 103 Å². The van der Waals surface area contributed by atoms with Gasteiger partial charge in [-0.2, -0.15) is 0 Å². The Kier molecular flexibility index (Phi) is 45.4. The van der Waals surface area contributed by atoms with E-state index >= 15 is 0 Å². The van der Waals surface area contributed by atoms with Gasteiger partial charge in [0.05, 0.1) is 0 Å². The Morgan fingerprint density at radius 3 is 1.08 bits per heavy atom. The van der Waals surface area contributed by atoms with Gasteiger partial charge in [0.25, 0.3) is 0 Å². The zero-order valence-electron chi connectivity index (χ0n) is 38.8. The Labute approximate surface area is 364 Å². The molecule has 0 aliphatic carbocycles. The normalized spacial score (nSPS) is 12.5. The first kappa shape index (κ1) is 56.1. The minimum atomic E-state index is -0.777. The summed E-state index contributed by atoms with van der Waals surface area (Å²) in [4.78, 5) is 37.8. The molecule has 0 saturated carbocycles. The number of carbonyl (C=O) groups is 3. The first-order valence-corrected chi connectivity index (χ1v) is 24.8. The Hall–Kier alpha value is -2.89. The van der Waals surface area contributed by atoms with Crippen molar-refractivity contribution < 1.29 is 28.6 Å². The van der Waals surface area contributed by atoms with Gasteiger partial charge in [-0.3, -0.25) is 14.4 Å². The van der Waals surface area contributed by atoms with E-state index in [-0.39, 0.29) is 31.1 Å². The Morgan fingerprint density at radius 2 is 0.661 bits per heavy atom. The van der Waals surface area contributed by atoms with E-state index in [0.29, 0.717) is 19.3 Å². The molecule has 0 bridgehead atoms. The highest BCUT2D eigenvalue weighted by Gasteiger charge is 2.19. The molecule has 0 heterocycles. The van der Waals surface area contributed by atoms with Gasteiger partial charge in [0, 0.05) is 19.3 Å². The Bertz CT molecular complexity index is 1090. The SMILES string of the molecule is CC/C=C\C/C=C\C/C=C\C/C=C\CCCCCCCCCCC(=O)OCC(COC(=O)CCCCCCCCCC)OC(=O)CCCCCCC/C=C\CCCCC. The van der Waals surface area contributed by atoms with Crippen LogP contribution in [0, 0.1) is 0 Å². The molecule has 0 rings (SSSR count). The predicted octanol–water partition coefficient (Wildman–Crippen LogP) is 16.1. The lowest BCUT2D eigenvalue weighted by Gasteiger charge is -2.18. The second-order valence-corrected chi connectivity index (χ2v) is 16.3. The summed E-state index contributed by atoms with van der Waals surface area (Å²) in [5.41, 5.74) is 0. The van der Waals surface area contributed by atoms with Gasteiger partial charge in [0.1, 0.15) is 13.2 Å². The molecule has 0 spiro atoms. The van der Waals surface area contributed by atoms with Crippen LogP contribution in [0.25, 0.3) is 0 Å². The van der Waals surface area contributed by atoms with E-state index in [1.54, 1.807) is 0 Å². The van der Waals surface area contributed by atoms with E-state index in [1.807, 2.05) is 0 Å². The third-order valence-corrected chi connectivity index (χ3v) is 10.5. The minimum Gasteiger partial charge on any atom is -0.462 e. The number of esters is 3. The molecular formula is C53H92O6. The van der Waals surface area contributed by atoms with E-state index in [9.17, 15) is 14.4 Å². The summed E-state index contributed by atoms with van der Waals surface area (Å²) in [5.74, 6) is -0.900. The molecule has 0 amide bonds. The van der Waals surface area contributed by atoms with Gasteiger partial charge in [-0.25, -0.2) is 0 Å². The first-order chi connectivity index (χ1) is 29.0. The average Bonchev–Trinajstić information content (AvgIpc) is 3.23. The van der Waals surface area contributed by atoms with Gasteiger partial charge < -0.3 is 14.2 Å². The summed E-state index contributed by atoms with van der Waals surface area (Å²) in [7, 11) is 0. The molecule has 0 aliphatic heterocycles. The topological polar surface area (TPSA) is 78.9 Å². The van der Waals surface area contributed by atoms with Crippen molar-refractivity contribution in [1.82, 2.24) is 0 Å². The Morgan fingerprint density at radius 1 is 0.356 bits per heavy atom. The molecule has 0 N–H and O–H groups in total. The lowest BCUT2D eigenvalue weighted by Crippen LogP contribution is -2.30. The maximum absolute atomic E-state index is 12.7. The monoisotopic (exact) mass is 825 g/mol. The zero-order valence-corrected chi connectivity index (χ0v) is 38.8. The molecule has 0 radical (unpaired) electrons. The average molecular weight is 825 g/mol. The van der Waals surface area contributed by atoms with Crippen LogP contribution in [0.15, 0.2) is 60.8 Å². The van der Waals surface area contributed by atoms with Crippen LogP contribution in [-0.4, -0.2) is 37.2 Å². The molecule has 0 aromatic rings. The molecule has 0 saturated heterocycles. The molecule has 0 aliphatic rings. The summed E-state index contributed by atoms with van der Waals surface area (Å²) in [6.07, 6.45) is 57.8. The van der Waals surface area contributed by atoms with Gasteiger partial charge in [-0.05, 0) is 83.5 Å². The van der Waals surface area contributed by atoms with Gasteiger partial charge in [0.15, 0.2) is 6.10 Å². The third kappa shape index (κ3) is 46.0. The van der Waals surface area contributed by atoms with Crippen molar-refractivity contribution in [3.63, 3.8) is 0 Å². The van der Waals surface area contributed by atoms with Gasteiger partial charge in [-0.1, -0.05) is 197 Å². The van der Waals surface area contributed by atoms with Crippen LogP contribution in [0.5, 0.6) is 0 Å². The van der Waals surface area contributed by atoms with Crippen molar-refractivity contribution >= 4 is 17.9 Å². The van der Waals surface area contributed by atoms with E-state index < -0.39 is 6.10 Å². The molecule has 0 aromatic heterocycles. The zero-order chi connectivity index (χ0) is 43.0. The molecule has 6 nitrogen and oxygen atoms in total. The van der Waals surface area contributed by atoms with Crippen molar-refractivity contribution in [2.75, 3.05) is 13.2 Å². The van der Waals surface area contributed by atoms with Gasteiger partial charge in [-0.15, -0.1) is 0 Å². The van der Waals surface area contributed by atoms with Crippen LogP contribution in [0.3, 0.4) is 0 Å². The molecular weight excluding hydrogens is 733 g/mol. The lowest BCUT2D eigenvalue weighted by atomic mass is 10.1. The predicted molar refractivity (Wildman–Crippen MR) is 251 cm³/mol. The maximum atomic E-state index is 12.7. The Balaban J connectivity index is 4.27. The summed E-state index contributed by atoms with van der Waals surface area (Å²) in [6.45, 7) is 6.45. The highest BCUT2D eigenvalue weighted by atomic mass is 16.6. The summed E-state index contributed by atoms with van der Waals surface area (Å²) < 4.78 is 16.7. The number of rotatable bonds is 44. The number of unbranched alkanes of at least 4 members (excludes halogenated alkanes) is 23. The fraction of sp³-hybridized carbons (Fsp3) is 0.755. The minimum absolute atomic E-state index is 0.0791. The molecule has 1 unspecified atom stereocenters. The largest absolute Gasteiger partial charge is 0.462 e. The van der Waals surface area contributed by atoms with Crippen LogP contribution in [0.1, 0.15) is 239 Å². The van der Waals surface area contributed by atoms with Crippen LogP contribution < -0.4 is 0 Å². The summed E-state index contributed by atoms with van der Waals surface area (Å²) in [5, 5.41) is 0. The molecule has 1 atom stereocenters. The summed E-state index contributed by atoms with van der Waals surface area (Å²) >= 11 is 0. The smallest absolute Gasteiger partial charge is 0.306 e. The van der Waals surface area contributed by atoms with Crippen molar-refractivity contribution in [3.8, 4) is 0 Å². The number of allylic oxidation sites excluding steroid dienone is 10.